The Kier molecular flexibility index (Phi) is 7.24. The van der Waals surface area contributed by atoms with Crippen LogP contribution in [0.3, 0.4) is 0 Å². The molecule has 8 heteroatoms. The molecule has 2 aromatic carbocycles. The minimum atomic E-state index is -0.554. The first-order valence-electron chi connectivity index (χ1n) is 9.35. The van der Waals surface area contributed by atoms with Gasteiger partial charge in [-0.05, 0) is 42.5 Å². The predicted molar refractivity (Wildman–Crippen MR) is 118 cm³/mol. The highest BCUT2D eigenvalue weighted by Gasteiger charge is 2.20. The number of benzene rings is 2. The molecule has 0 aliphatic rings. The summed E-state index contributed by atoms with van der Waals surface area (Å²) < 4.78 is 5.26. The molecule has 3 amide bonds. The Morgan fingerprint density at radius 2 is 1.81 bits per heavy atom. The summed E-state index contributed by atoms with van der Waals surface area (Å²) in [6.07, 6.45) is 2.86. The van der Waals surface area contributed by atoms with E-state index in [-0.39, 0.29) is 12.2 Å². The summed E-state index contributed by atoms with van der Waals surface area (Å²) in [5.74, 6) is -1.04. The molecule has 31 heavy (non-hydrogen) atoms. The standard InChI is InChI=1S/C23H20ClN3O4/c1-27(15-21(28)25-18-10-5-9-17(24)13-18)23(30)20(14-19-11-6-12-31-19)26-22(29)16-7-3-2-4-8-16/h2-14H,15H2,1H3,(H,25,28)(H,26,29)/b20-14-. The van der Waals surface area contributed by atoms with Gasteiger partial charge in [0.15, 0.2) is 0 Å². The van der Waals surface area contributed by atoms with Crippen molar-refractivity contribution in [3.05, 3.63) is 95.0 Å². The van der Waals surface area contributed by atoms with Crippen molar-refractivity contribution in [2.24, 2.45) is 0 Å². The molecular formula is C23H20ClN3O4. The highest BCUT2D eigenvalue weighted by Crippen LogP contribution is 2.15. The van der Waals surface area contributed by atoms with Gasteiger partial charge in [0.05, 0.1) is 12.8 Å². The first-order chi connectivity index (χ1) is 14.9. The first kappa shape index (κ1) is 21.9. The summed E-state index contributed by atoms with van der Waals surface area (Å²) in [5, 5.41) is 5.76. The quantitative estimate of drug-likeness (QED) is 0.550. The number of rotatable bonds is 7. The van der Waals surface area contributed by atoms with E-state index in [9.17, 15) is 14.4 Å². The molecule has 0 saturated carbocycles. The van der Waals surface area contributed by atoms with Gasteiger partial charge in [-0.25, -0.2) is 0 Å². The van der Waals surface area contributed by atoms with Crippen LogP contribution in [0.2, 0.25) is 5.02 Å². The maximum atomic E-state index is 13.0. The summed E-state index contributed by atoms with van der Waals surface area (Å²) >= 11 is 5.92. The van der Waals surface area contributed by atoms with E-state index in [1.807, 2.05) is 0 Å². The van der Waals surface area contributed by atoms with E-state index >= 15 is 0 Å². The van der Waals surface area contributed by atoms with Crippen LogP contribution in [-0.4, -0.2) is 36.2 Å². The van der Waals surface area contributed by atoms with E-state index in [1.54, 1.807) is 66.7 Å². The molecule has 1 aromatic heterocycles. The second kappa shape index (κ2) is 10.3. The lowest BCUT2D eigenvalue weighted by Gasteiger charge is -2.19. The van der Waals surface area contributed by atoms with Gasteiger partial charge in [-0.15, -0.1) is 0 Å². The number of amides is 3. The molecule has 2 N–H and O–H groups in total. The largest absolute Gasteiger partial charge is 0.465 e. The first-order valence-corrected chi connectivity index (χ1v) is 9.72. The fourth-order valence-corrected chi connectivity index (χ4v) is 2.90. The van der Waals surface area contributed by atoms with E-state index in [4.69, 9.17) is 16.0 Å². The third kappa shape index (κ3) is 6.32. The van der Waals surface area contributed by atoms with Crippen molar-refractivity contribution < 1.29 is 18.8 Å². The summed E-state index contributed by atoms with van der Waals surface area (Å²) in [5.41, 5.74) is 0.880. The molecule has 0 saturated heterocycles. The van der Waals surface area contributed by atoms with Crippen molar-refractivity contribution in [2.45, 2.75) is 0 Å². The number of carbonyl (C=O) groups excluding carboxylic acids is 3. The van der Waals surface area contributed by atoms with Crippen LogP contribution in [0.1, 0.15) is 16.1 Å². The molecule has 0 spiro atoms. The van der Waals surface area contributed by atoms with Gasteiger partial charge in [-0.2, -0.15) is 0 Å². The third-order valence-corrected chi connectivity index (χ3v) is 4.42. The van der Waals surface area contributed by atoms with Crippen LogP contribution < -0.4 is 10.6 Å². The molecule has 0 bridgehead atoms. The third-order valence-electron chi connectivity index (χ3n) is 4.18. The zero-order valence-corrected chi connectivity index (χ0v) is 17.4. The van der Waals surface area contributed by atoms with Crippen molar-refractivity contribution in [1.82, 2.24) is 10.2 Å². The van der Waals surface area contributed by atoms with E-state index in [0.29, 0.717) is 22.0 Å². The molecule has 0 atom stereocenters. The van der Waals surface area contributed by atoms with Gasteiger partial charge >= 0.3 is 0 Å². The van der Waals surface area contributed by atoms with Crippen molar-refractivity contribution in [1.29, 1.82) is 0 Å². The van der Waals surface area contributed by atoms with Gasteiger partial charge in [0.25, 0.3) is 11.8 Å². The summed E-state index contributed by atoms with van der Waals surface area (Å²) in [6.45, 7) is -0.234. The lowest BCUT2D eigenvalue weighted by atomic mass is 10.2. The van der Waals surface area contributed by atoms with Gasteiger partial charge in [0.2, 0.25) is 5.91 Å². The molecule has 3 rings (SSSR count). The Labute approximate surface area is 184 Å². The highest BCUT2D eigenvalue weighted by molar-refractivity contribution is 6.30. The molecule has 158 valence electrons. The molecule has 0 radical (unpaired) electrons. The maximum Gasteiger partial charge on any atom is 0.270 e. The molecular weight excluding hydrogens is 418 g/mol. The Morgan fingerprint density at radius 1 is 1.03 bits per heavy atom. The van der Waals surface area contributed by atoms with Crippen LogP contribution in [0.25, 0.3) is 6.08 Å². The van der Waals surface area contributed by atoms with Crippen LogP contribution >= 0.6 is 11.6 Å². The van der Waals surface area contributed by atoms with Gasteiger partial charge in [-0.3, -0.25) is 14.4 Å². The van der Waals surface area contributed by atoms with E-state index in [2.05, 4.69) is 10.6 Å². The van der Waals surface area contributed by atoms with E-state index < -0.39 is 17.7 Å². The Hall–Kier alpha value is -3.84. The van der Waals surface area contributed by atoms with Crippen LogP contribution in [0, 0.1) is 0 Å². The number of hydrogen-bond donors (Lipinski definition) is 2. The molecule has 0 fully saturated rings. The molecule has 7 nitrogen and oxygen atoms in total. The topological polar surface area (TPSA) is 91.7 Å². The summed E-state index contributed by atoms with van der Waals surface area (Å²) in [4.78, 5) is 39.1. The van der Waals surface area contributed by atoms with Gasteiger partial charge in [-0.1, -0.05) is 35.9 Å². The van der Waals surface area contributed by atoms with Crippen LogP contribution in [0.15, 0.2) is 83.1 Å². The lowest BCUT2D eigenvalue weighted by Crippen LogP contribution is -2.40. The molecule has 0 aliphatic heterocycles. The van der Waals surface area contributed by atoms with Gasteiger partial charge in [0, 0.05) is 29.4 Å². The monoisotopic (exact) mass is 437 g/mol. The Bertz CT molecular complexity index is 1100. The van der Waals surface area contributed by atoms with Crippen molar-refractivity contribution in [3.63, 3.8) is 0 Å². The van der Waals surface area contributed by atoms with E-state index in [1.165, 1.54) is 24.3 Å². The number of nitrogens with one attached hydrogen (secondary N) is 2. The normalized spacial score (nSPS) is 11.0. The zero-order valence-electron chi connectivity index (χ0n) is 16.7. The second-order valence-corrected chi connectivity index (χ2v) is 7.05. The van der Waals surface area contributed by atoms with Crippen LogP contribution in [0.4, 0.5) is 5.69 Å². The summed E-state index contributed by atoms with van der Waals surface area (Å²) in [7, 11) is 1.46. The average Bonchev–Trinajstić information content (AvgIpc) is 3.26. The Morgan fingerprint density at radius 3 is 2.48 bits per heavy atom. The second-order valence-electron chi connectivity index (χ2n) is 6.61. The molecule has 1 heterocycles. The van der Waals surface area contributed by atoms with Gasteiger partial charge in [0.1, 0.15) is 11.5 Å². The summed E-state index contributed by atoms with van der Waals surface area (Å²) in [6, 6.07) is 18.5. The number of furan rings is 1. The fourth-order valence-electron chi connectivity index (χ4n) is 2.71. The maximum absolute atomic E-state index is 13.0. The number of likely N-dealkylation sites (N-methyl/N-ethyl adjacent to an activating group) is 1. The highest BCUT2D eigenvalue weighted by atomic mass is 35.5. The smallest absolute Gasteiger partial charge is 0.270 e. The molecule has 0 aliphatic carbocycles. The average molecular weight is 438 g/mol. The molecule has 0 unspecified atom stereocenters. The number of anilines is 1. The van der Waals surface area contributed by atoms with Crippen LogP contribution in [-0.2, 0) is 9.59 Å². The van der Waals surface area contributed by atoms with Crippen molar-refractivity contribution in [3.8, 4) is 0 Å². The fraction of sp³-hybridized carbons (Fsp3) is 0.0870. The van der Waals surface area contributed by atoms with Gasteiger partial charge < -0.3 is 20.0 Å². The number of halogens is 1. The SMILES string of the molecule is CN(CC(=O)Nc1cccc(Cl)c1)C(=O)/C(=C/c1ccco1)NC(=O)c1ccccc1. The van der Waals surface area contributed by atoms with Crippen molar-refractivity contribution in [2.75, 3.05) is 18.9 Å². The number of carbonyl (C=O) groups is 3. The molecule has 3 aromatic rings. The Balaban J connectivity index is 1.72. The van der Waals surface area contributed by atoms with Crippen LogP contribution in [0.5, 0.6) is 0 Å². The number of hydrogen-bond acceptors (Lipinski definition) is 4. The zero-order chi connectivity index (χ0) is 22.2. The number of nitrogens with zero attached hydrogens (tertiary/aromatic N) is 1. The van der Waals surface area contributed by atoms with E-state index in [0.717, 1.165) is 0 Å². The minimum absolute atomic E-state index is 0.0261. The lowest BCUT2D eigenvalue weighted by molar-refractivity contribution is -0.130. The van der Waals surface area contributed by atoms with Crippen molar-refractivity contribution >= 4 is 41.1 Å². The minimum Gasteiger partial charge on any atom is -0.465 e. The predicted octanol–water partition coefficient (Wildman–Crippen LogP) is 3.80.